The second-order valence-corrected chi connectivity index (χ2v) is 5.49. The molecule has 94 valence electrons. The van der Waals surface area contributed by atoms with Gasteiger partial charge in [-0.25, -0.2) is 0 Å². The van der Waals surface area contributed by atoms with Crippen molar-refractivity contribution < 1.29 is 0 Å². The van der Waals surface area contributed by atoms with Crippen molar-refractivity contribution in [2.45, 2.75) is 25.7 Å². The molecule has 0 spiro atoms. The number of nitrogens with zero attached hydrogens (tertiary/aromatic N) is 1. The van der Waals surface area contributed by atoms with Gasteiger partial charge in [0.2, 0.25) is 0 Å². The van der Waals surface area contributed by atoms with Gasteiger partial charge in [-0.3, -0.25) is 0 Å². The summed E-state index contributed by atoms with van der Waals surface area (Å²) in [6, 6.07) is 21.6. The highest BCUT2D eigenvalue weighted by Crippen LogP contribution is 2.43. The predicted octanol–water partition coefficient (Wildman–Crippen LogP) is 4.59. The van der Waals surface area contributed by atoms with Gasteiger partial charge in [0.25, 0.3) is 0 Å². The van der Waals surface area contributed by atoms with Crippen LogP contribution in [0.3, 0.4) is 0 Å². The minimum atomic E-state index is -0.0751. The third-order valence-corrected chi connectivity index (χ3v) is 4.15. The molecule has 1 saturated carbocycles. The highest BCUT2D eigenvalue weighted by atomic mass is 14.4. The van der Waals surface area contributed by atoms with E-state index in [0.717, 1.165) is 19.3 Å². The van der Waals surface area contributed by atoms with Crippen molar-refractivity contribution in [3.05, 3.63) is 60.2 Å². The Kier molecular flexibility index (Phi) is 3.09. The van der Waals surface area contributed by atoms with Gasteiger partial charge in [-0.15, -0.1) is 0 Å². The molecule has 0 radical (unpaired) electrons. The lowest BCUT2D eigenvalue weighted by Gasteiger charge is -2.35. The first-order valence-corrected chi connectivity index (χ1v) is 6.87. The molecule has 19 heavy (non-hydrogen) atoms. The zero-order chi connectivity index (χ0) is 13.1. The van der Waals surface area contributed by atoms with E-state index in [2.05, 4.69) is 54.6 Å². The van der Waals surface area contributed by atoms with E-state index in [1.165, 1.54) is 23.1 Å². The molecule has 0 aliphatic heterocycles. The van der Waals surface area contributed by atoms with E-state index in [1.54, 1.807) is 0 Å². The van der Waals surface area contributed by atoms with Crippen molar-refractivity contribution in [1.29, 1.82) is 5.26 Å². The van der Waals surface area contributed by atoms with Crippen molar-refractivity contribution in [3.8, 4) is 17.2 Å². The zero-order valence-corrected chi connectivity index (χ0v) is 11.0. The maximum Gasteiger partial charge on any atom is 0.0693 e. The Bertz CT molecular complexity index is 586. The van der Waals surface area contributed by atoms with Crippen LogP contribution in [0.25, 0.3) is 11.1 Å². The molecule has 0 amide bonds. The van der Waals surface area contributed by atoms with Crippen molar-refractivity contribution in [2.24, 2.45) is 5.41 Å². The summed E-state index contributed by atoms with van der Waals surface area (Å²) >= 11 is 0. The Morgan fingerprint density at radius 2 is 1.53 bits per heavy atom. The van der Waals surface area contributed by atoms with Crippen LogP contribution in [0.4, 0.5) is 0 Å². The van der Waals surface area contributed by atoms with Gasteiger partial charge in [0, 0.05) is 0 Å². The monoisotopic (exact) mass is 247 g/mol. The lowest BCUT2D eigenvalue weighted by molar-refractivity contribution is 0.214. The van der Waals surface area contributed by atoms with Gasteiger partial charge in [0.15, 0.2) is 0 Å². The molecule has 0 unspecified atom stereocenters. The van der Waals surface area contributed by atoms with Gasteiger partial charge in [-0.05, 0) is 36.0 Å². The molecule has 1 aliphatic carbocycles. The fraction of sp³-hybridized carbons (Fsp3) is 0.278. The van der Waals surface area contributed by atoms with Crippen LogP contribution in [-0.4, -0.2) is 0 Å². The maximum absolute atomic E-state index is 9.28. The van der Waals surface area contributed by atoms with E-state index in [4.69, 9.17) is 0 Å². The van der Waals surface area contributed by atoms with E-state index < -0.39 is 0 Å². The number of hydrogen-bond acceptors (Lipinski definition) is 1. The number of rotatable bonds is 3. The average Bonchev–Trinajstić information content (AvgIpc) is 2.45. The van der Waals surface area contributed by atoms with E-state index in [0.29, 0.717) is 0 Å². The van der Waals surface area contributed by atoms with Crippen LogP contribution in [0.2, 0.25) is 0 Å². The van der Waals surface area contributed by atoms with Gasteiger partial charge in [0.1, 0.15) is 0 Å². The molecule has 0 bridgehead atoms. The Morgan fingerprint density at radius 1 is 0.895 bits per heavy atom. The molecule has 1 aliphatic rings. The third-order valence-electron chi connectivity index (χ3n) is 4.15. The summed E-state index contributed by atoms with van der Waals surface area (Å²) in [6.07, 6.45) is 4.22. The highest BCUT2D eigenvalue weighted by molar-refractivity contribution is 5.63. The van der Waals surface area contributed by atoms with Crippen LogP contribution in [0.5, 0.6) is 0 Å². The molecule has 0 N–H and O–H groups in total. The lowest BCUT2D eigenvalue weighted by Crippen LogP contribution is -2.29. The number of benzene rings is 2. The quantitative estimate of drug-likeness (QED) is 0.778. The van der Waals surface area contributed by atoms with Crippen LogP contribution in [0.15, 0.2) is 54.6 Å². The summed E-state index contributed by atoms with van der Waals surface area (Å²) in [6.45, 7) is 0. The van der Waals surface area contributed by atoms with E-state index in [9.17, 15) is 5.26 Å². The topological polar surface area (TPSA) is 23.8 Å². The molecule has 1 nitrogen and oxygen atoms in total. The Labute approximate surface area is 114 Å². The molecule has 1 heteroatoms. The molecule has 2 aromatic rings. The summed E-state index contributed by atoms with van der Waals surface area (Å²) < 4.78 is 0. The first kappa shape index (κ1) is 12.0. The number of hydrogen-bond donors (Lipinski definition) is 0. The van der Waals surface area contributed by atoms with Crippen LogP contribution in [0, 0.1) is 16.7 Å². The first-order valence-electron chi connectivity index (χ1n) is 6.87. The van der Waals surface area contributed by atoms with Gasteiger partial charge in [-0.1, -0.05) is 61.0 Å². The minimum absolute atomic E-state index is 0.0751. The summed E-state index contributed by atoms with van der Waals surface area (Å²) in [5.41, 5.74) is 3.69. The van der Waals surface area contributed by atoms with Crippen molar-refractivity contribution in [2.75, 3.05) is 0 Å². The van der Waals surface area contributed by atoms with Gasteiger partial charge in [0.05, 0.1) is 11.5 Å². The first-order chi connectivity index (χ1) is 9.31. The van der Waals surface area contributed by atoms with Crippen LogP contribution in [-0.2, 0) is 6.42 Å². The zero-order valence-electron chi connectivity index (χ0n) is 11.0. The second-order valence-electron chi connectivity index (χ2n) is 5.49. The molecule has 2 aromatic carbocycles. The standard InChI is InChI=1S/C18H17N/c19-14-18(11-4-12-18)13-15-7-9-17(10-8-15)16-5-2-1-3-6-16/h1-3,5-10H,4,11-13H2. The molecule has 1 fully saturated rings. The van der Waals surface area contributed by atoms with Crippen molar-refractivity contribution in [3.63, 3.8) is 0 Å². The van der Waals surface area contributed by atoms with Crippen LogP contribution >= 0.6 is 0 Å². The van der Waals surface area contributed by atoms with E-state index >= 15 is 0 Å². The molecule has 0 saturated heterocycles. The molecular formula is C18H17N. The normalized spacial score (nSPS) is 16.4. The lowest BCUT2D eigenvalue weighted by atomic mass is 9.66. The van der Waals surface area contributed by atoms with Crippen molar-refractivity contribution >= 4 is 0 Å². The smallest absolute Gasteiger partial charge is 0.0693 e. The summed E-state index contributed by atoms with van der Waals surface area (Å²) in [4.78, 5) is 0. The maximum atomic E-state index is 9.28. The molecule has 3 rings (SSSR count). The molecule has 0 heterocycles. The summed E-state index contributed by atoms with van der Waals surface area (Å²) in [5.74, 6) is 0. The Morgan fingerprint density at radius 3 is 2.05 bits per heavy atom. The third kappa shape index (κ3) is 2.39. The van der Waals surface area contributed by atoms with E-state index in [-0.39, 0.29) is 5.41 Å². The Balaban J connectivity index is 1.78. The van der Waals surface area contributed by atoms with Crippen LogP contribution < -0.4 is 0 Å². The van der Waals surface area contributed by atoms with Gasteiger partial charge < -0.3 is 0 Å². The largest absolute Gasteiger partial charge is 0.198 e. The second kappa shape index (κ2) is 4.90. The highest BCUT2D eigenvalue weighted by Gasteiger charge is 2.36. The fourth-order valence-electron chi connectivity index (χ4n) is 2.77. The summed E-state index contributed by atoms with van der Waals surface area (Å²) in [7, 11) is 0. The minimum Gasteiger partial charge on any atom is -0.198 e. The van der Waals surface area contributed by atoms with Crippen LogP contribution in [0.1, 0.15) is 24.8 Å². The van der Waals surface area contributed by atoms with Crippen molar-refractivity contribution in [1.82, 2.24) is 0 Å². The fourth-order valence-corrected chi connectivity index (χ4v) is 2.77. The Hall–Kier alpha value is -2.07. The molecular weight excluding hydrogens is 230 g/mol. The number of nitriles is 1. The average molecular weight is 247 g/mol. The SMILES string of the molecule is N#CC1(Cc2ccc(-c3ccccc3)cc2)CCC1. The molecule has 0 aromatic heterocycles. The van der Waals surface area contributed by atoms with E-state index in [1.807, 2.05) is 6.07 Å². The summed E-state index contributed by atoms with van der Waals surface area (Å²) in [5, 5.41) is 9.28. The predicted molar refractivity (Wildman–Crippen MR) is 77.5 cm³/mol. The molecule has 0 atom stereocenters. The van der Waals surface area contributed by atoms with Gasteiger partial charge in [-0.2, -0.15) is 5.26 Å². The van der Waals surface area contributed by atoms with Gasteiger partial charge >= 0.3 is 0 Å².